The van der Waals surface area contributed by atoms with E-state index in [1.54, 1.807) is 0 Å². The summed E-state index contributed by atoms with van der Waals surface area (Å²) in [7, 11) is 0. The Bertz CT molecular complexity index is 431. The monoisotopic (exact) mass is 265 g/mol. The van der Waals surface area contributed by atoms with Crippen molar-refractivity contribution in [1.29, 1.82) is 0 Å². The lowest BCUT2D eigenvalue weighted by Gasteiger charge is -2.12. The van der Waals surface area contributed by atoms with Crippen molar-refractivity contribution in [1.82, 2.24) is 5.32 Å². The van der Waals surface area contributed by atoms with Gasteiger partial charge in [-0.2, -0.15) is 0 Å². The van der Waals surface area contributed by atoms with Gasteiger partial charge in [0.1, 0.15) is 0 Å². The van der Waals surface area contributed by atoms with Crippen LogP contribution < -0.4 is 5.32 Å². The maximum absolute atomic E-state index is 3.59. The number of nitrogens with one attached hydrogen (secondary N) is 1. The Balaban J connectivity index is 1.69. The summed E-state index contributed by atoms with van der Waals surface area (Å²) in [5.74, 6) is 0. The van der Waals surface area contributed by atoms with Crippen molar-refractivity contribution in [2.45, 2.75) is 32.7 Å². The minimum atomic E-state index is 0.563. The van der Waals surface area contributed by atoms with E-state index in [2.05, 4.69) is 48.8 Å². The highest BCUT2D eigenvalue weighted by atomic mass is 32.1. The van der Waals surface area contributed by atoms with Crippen LogP contribution in [-0.2, 0) is 12.8 Å². The minimum Gasteiger partial charge on any atom is -0.314 e. The molecule has 0 spiro atoms. The second kappa shape index (κ2) is 6.34. The predicted octanol–water partition coefficient (Wildman–Crippen LogP) is 3.88. The number of aryl methyl sites for hydroxylation is 1. The van der Waals surface area contributed by atoms with E-state index in [9.17, 15) is 0 Å². The van der Waals surface area contributed by atoms with Crippen LogP contribution in [0.15, 0.2) is 29.6 Å². The van der Waals surface area contributed by atoms with E-state index in [1.165, 1.54) is 14.6 Å². The predicted molar refractivity (Wildman–Crippen MR) is 78.2 cm³/mol. The second-order valence-corrected chi connectivity index (χ2v) is 6.81. The van der Waals surface area contributed by atoms with Crippen LogP contribution in [0.1, 0.15) is 21.6 Å². The third-order valence-electron chi connectivity index (χ3n) is 2.75. The van der Waals surface area contributed by atoms with Crippen molar-refractivity contribution in [3.05, 3.63) is 44.3 Å². The van der Waals surface area contributed by atoms with E-state index in [-0.39, 0.29) is 0 Å². The zero-order chi connectivity index (χ0) is 12.1. The molecule has 1 N–H and O–H groups in total. The first-order valence-electron chi connectivity index (χ1n) is 6.05. The molecule has 0 fully saturated rings. The van der Waals surface area contributed by atoms with Gasteiger partial charge in [0, 0.05) is 27.2 Å². The van der Waals surface area contributed by atoms with Gasteiger partial charge in [-0.1, -0.05) is 6.07 Å². The van der Waals surface area contributed by atoms with Gasteiger partial charge in [-0.3, -0.25) is 0 Å². The van der Waals surface area contributed by atoms with Crippen molar-refractivity contribution in [2.75, 3.05) is 6.54 Å². The van der Waals surface area contributed by atoms with E-state index in [1.807, 2.05) is 22.7 Å². The molecule has 2 aromatic heterocycles. The largest absolute Gasteiger partial charge is 0.314 e. The first-order valence-corrected chi connectivity index (χ1v) is 7.75. The summed E-state index contributed by atoms with van der Waals surface area (Å²) in [4.78, 5) is 4.36. The van der Waals surface area contributed by atoms with Crippen LogP contribution >= 0.6 is 22.7 Å². The Morgan fingerprint density at radius 1 is 1.24 bits per heavy atom. The van der Waals surface area contributed by atoms with E-state index in [4.69, 9.17) is 0 Å². The Kier molecular flexibility index (Phi) is 4.77. The zero-order valence-corrected chi connectivity index (χ0v) is 12.0. The fraction of sp³-hybridized carbons (Fsp3) is 0.429. The van der Waals surface area contributed by atoms with Crippen LogP contribution in [0.2, 0.25) is 0 Å². The topological polar surface area (TPSA) is 12.0 Å². The van der Waals surface area contributed by atoms with E-state index in [0.717, 1.165) is 19.4 Å². The third kappa shape index (κ3) is 4.26. The van der Waals surface area contributed by atoms with E-state index < -0.39 is 0 Å². The van der Waals surface area contributed by atoms with Crippen molar-refractivity contribution in [3.63, 3.8) is 0 Å². The van der Waals surface area contributed by atoms with Gasteiger partial charge in [0.2, 0.25) is 0 Å². The molecule has 1 atom stereocenters. The zero-order valence-electron chi connectivity index (χ0n) is 10.4. The average molecular weight is 265 g/mol. The highest BCUT2D eigenvalue weighted by Gasteiger charge is 2.04. The summed E-state index contributed by atoms with van der Waals surface area (Å²) in [6.45, 7) is 5.51. The summed E-state index contributed by atoms with van der Waals surface area (Å²) < 4.78 is 0. The Morgan fingerprint density at radius 2 is 2.12 bits per heavy atom. The molecule has 0 aliphatic carbocycles. The van der Waals surface area contributed by atoms with Crippen LogP contribution in [0, 0.1) is 6.92 Å². The molecular weight excluding hydrogens is 246 g/mol. The molecule has 0 radical (unpaired) electrons. The standard InChI is InChI=1S/C14H19NS2/c1-11(10-14-6-5-12(2)17-14)15-8-7-13-4-3-9-16-13/h3-6,9,11,15H,7-8,10H2,1-2H3. The van der Waals surface area contributed by atoms with E-state index in [0.29, 0.717) is 6.04 Å². The number of thiophene rings is 2. The molecule has 0 aliphatic heterocycles. The highest BCUT2D eigenvalue weighted by Crippen LogP contribution is 2.16. The fourth-order valence-electron chi connectivity index (χ4n) is 1.87. The molecule has 92 valence electrons. The highest BCUT2D eigenvalue weighted by molar-refractivity contribution is 7.11. The fourth-order valence-corrected chi connectivity index (χ4v) is 3.59. The molecule has 0 aliphatic rings. The molecule has 17 heavy (non-hydrogen) atoms. The van der Waals surface area contributed by atoms with Crippen molar-refractivity contribution in [2.24, 2.45) is 0 Å². The van der Waals surface area contributed by atoms with Gasteiger partial charge < -0.3 is 5.32 Å². The van der Waals surface area contributed by atoms with Gasteiger partial charge in [0.25, 0.3) is 0 Å². The summed E-state index contributed by atoms with van der Waals surface area (Å²) >= 11 is 3.75. The van der Waals surface area contributed by atoms with Gasteiger partial charge in [-0.05, 0) is 50.3 Å². The Labute approximate surface area is 112 Å². The molecule has 2 aromatic rings. The lowest BCUT2D eigenvalue weighted by Crippen LogP contribution is -2.29. The quantitative estimate of drug-likeness (QED) is 0.836. The molecule has 2 rings (SSSR count). The molecular formula is C14H19NS2. The lowest BCUT2D eigenvalue weighted by molar-refractivity contribution is 0.553. The maximum atomic E-state index is 3.59. The van der Waals surface area contributed by atoms with Crippen molar-refractivity contribution < 1.29 is 0 Å². The van der Waals surface area contributed by atoms with Gasteiger partial charge in [0.15, 0.2) is 0 Å². The Morgan fingerprint density at radius 3 is 2.76 bits per heavy atom. The summed E-state index contributed by atoms with van der Waals surface area (Å²) in [6, 6.07) is 9.35. The van der Waals surface area contributed by atoms with Gasteiger partial charge >= 0.3 is 0 Å². The first-order chi connectivity index (χ1) is 8.24. The molecule has 0 amide bonds. The summed E-state index contributed by atoms with van der Waals surface area (Å²) in [5, 5.41) is 5.74. The van der Waals surface area contributed by atoms with Crippen LogP contribution in [0.4, 0.5) is 0 Å². The normalized spacial score (nSPS) is 12.8. The van der Waals surface area contributed by atoms with Crippen LogP contribution in [0.25, 0.3) is 0 Å². The SMILES string of the molecule is Cc1ccc(CC(C)NCCc2cccs2)s1. The van der Waals surface area contributed by atoms with Crippen molar-refractivity contribution >= 4 is 22.7 Å². The smallest absolute Gasteiger partial charge is 0.00871 e. The molecule has 1 nitrogen and oxygen atoms in total. The number of hydrogen-bond donors (Lipinski definition) is 1. The second-order valence-electron chi connectivity index (χ2n) is 4.40. The first kappa shape index (κ1) is 12.8. The van der Waals surface area contributed by atoms with Crippen molar-refractivity contribution in [3.8, 4) is 0 Å². The molecule has 0 saturated heterocycles. The molecule has 0 aromatic carbocycles. The van der Waals surface area contributed by atoms with Gasteiger partial charge in [-0.15, -0.1) is 22.7 Å². The summed E-state index contributed by atoms with van der Waals surface area (Å²) in [6.07, 6.45) is 2.29. The van der Waals surface area contributed by atoms with Crippen LogP contribution in [-0.4, -0.2) is 12.6 Å². The number of hydrogen-bond acceptors (Lipinski definition) is 3. The maximum Gasteiger partial charge on any atom is 0.00871 e. The van der Waals surface area contributed by atoms with Gasteiger partial charge in [0.05, 0.1) is 0 Å². The third-order valence-corrected chi connectivity index (χ3v) is 4.71. The van der Waals surface area contributed by atoms with Crippen LogP contribution in [0.3, 0.4) is 0 Å². The number of rotatable bonds is 6. The van der Waals surface area contributed by atoms with Gasteiger partial charge in [-0.25, -0.2) is 0 Å². The summed E-state index contributed by atoms with van der Waals surface area (Å²) in [5.41, 5.74) is 0. The molecule has 0 bridgehead atoms. The average Bonchev–Trinajstić information content (AvgIpc) is 2.90. The molecule has 1 unspecified atom stereocenters. The lowest BCUT2D eigenvalue weighted by atomic mass is 10.2. The Hall–Kier alpha value is -0.640. The van der Waals surface area contributed by atoms with Crippen LogP contribution in [0.5, 0.6) is 0 Å². The molecule has 2 heterocycles. The minimum absolute atomic E-state index is 0.563. The van der Waals surface area contributed by atoms with E-state index >= 15 is 0 Å². The molecule has 3 heteroatoms. The molecule has 0 saturated carbocycles.